The van der Waals surface area contributed by atoms with Crippen LogP contribution in [-0.4, -0.2) is 23.3 Å². The maximum atomic E-state index is 12.3. The minimum Gasteiger partial charge on any atom is -0.352 e. The number of hydrogen-bond acceptors (Lipinski definition) is 4. The van der Waals surface area contributed by atoms with Gasteiger partial charge in [0, 0.05) is 31.4 Å². The summed E-state index contributed by atoms with van der Waals surface area (Å²) < 4.78 is 0. The molecule has 2 heterocycles. The summed E-state index contributed by atoms with van der Waals surface area (Å²) in [5.74, 6) is 0.684. The zero-order valence-corrected chi connectivity index (χ0v) is 14.9. The van der Waals surface area contributed by atoms with Gasteiger partial charge in [0.15, 0.2) is 0 Å². The number of pyridine rings is 1. The summed E-state index contributed by atoms with van der Waals surface area (Å²) in [6.45, 7) is 1.23. The lowest BCUT2D eigenvalue weighted by Gasteiger charge is -2.27. The molecule has 0 spiro atoms. The molecule has 25 heavy (non-hydrogen) atoms. The van der Waals surface area contributed by atoms with Crippen LogP contribution in [0.15, 0.2) is 42.0 Å². The normalized spacial score (nSPS) is 20.0. The van der Waals surface area contributed by atoms with E-state index in [9.17, 15) is 9.59 Å². The molecular formula is C19H23N3O2S. The fraction of sp³-hybridized carbons (Fsp3) is 0.421. The SMILES string of the molecule is O=C(NCC1CCC(C(=O)NCc2cccnc2)CC1)c1cccs1. The summed E-state index contributed by atoms with van der Waals surface area (Å²) >= 11 is 1.46. The number of nitrogens with zero attached hydrogens (tertiary/aromatic N) is 1. The number of nitrogens with one attached hydrogen (secondary N) is 2. The molecule has 0 radical (unpaired) electrons. The van der Waals surface area contributed by atoms with Crippen molar-refractivity contribution in [1.82, 2.24) is 15.6 Å². The van der Waals surface area contributed by atoms with E-state index in [1.165, 1.54) is 11.3 Å². The highest BCUT2D eigenvalue weighted by Gasteiger charge is 2.26. The van der Waals surface area contributed by atoms with Crippen molar-refractivity contribution in [3.63, 3.8) is 0 Å². The lowest BCUT2D eigenvalue weighted by atomic mass is 9.81. The number of thiophene rings is 1. The number of amides is 2. The first kappa shape index (κ1) is 17.6. The van der Waals surface area contributed by atoms with E-state index in [4.69, 9.17) is 0 Å². The molecule has 2 aromatic rings. The van der Waals surface area contributed by atoms with Gasteiger partial charge in [-0.05, 0) is 54.7 Å². The minimum atomic E-state index is 0.00587. The Morgan fingerprint density at radius 2 is 1.96 bits per heavy atom. The Kier molecular flexibility index (Phi) is 6.17. The topological polar surface area (TPSA) is 71.1 Å². The Bertz CT molecular complexity index is 680. The minimum absolute atomic E-state index is 0.00587. The zero-order chi connectivity index (χ0) is 17.5. The molecule has 1 fully saturated rings. The lowest BCUT2D eigenvalue weighted by Crippen LogP contribution is -2.35. The maximum absolute atomic E-state index is 12.3. The van der Waals surface area contributed by atoms with Gasteiger partial charge in [0.05, 0.1) is 4.88 Å². The second kappa shape index (κ2) is 8.76. The Hall–Kier alpha value is -2.21. The molecule has 1 aliphatic carbocycles. The fourth-order valence-electron chi connectivity index (χ4n) is 3.20. The third-order valence-electron chi connectivity index (χ3n) is 4.70. The molecule has 3 rings (SSSR count). The van der Waals surface area contributed by atoms with Crippen LogP contribution in [0.1, 0.15) is 40.9 Å². The zero-order valence-electron chi connectivity index (χ0n) is 14.1. The van der Waals surface area contributed by atoms with E-state index in [2.05, 4.69) is 15.6 Å². The molecule has 0 unspecified atom stereocenters. The van der Waals surface area contributed by atoms with Gasteiger partial charge in [-0.3, -0.25) is 14.6 Å². The van der Waals surface area contributed by atoms with Crippen LogP contribution in [-0.2, 0) is 11.3 Å². The number of carbonyl (C=O) groups excluding carboxylic acids is 2. The Labute approximate surface area is 151 Å². The second-order valence-electron chi connectivity index (χ2n) is 6.48. The van der Waals surface area contributed by atoms with Gasteiger partial charge >= 0.3 is 0 Å². The van der Waals surface area contributed by atoms with E-state index >= 15 is 0 Å². The van der Waals surface area contributed by atoms with E-state index in [0.29, 0.717) is 19.0 Å². The third kappa shape index (κ3) is 5.13. The average molecular weight is 357 g/mol. The molecule has 0 aliphatic heterocycles. The van der Waals surface area contributed by atoms with Gasteiger partial charge < -0.3 is 10.6 Å². The molecule has 0 saturated heterocycles. The molecule has 1 saturated carbocycles. The lowest BCUT2D eigenvalue weighted by molar-refractivity contribution is -0.126. The van der Waals surface area contributed by atoms with E-state index in [1.54, 1.807) is 12.4 Å². The standard InChI is InChI=1S/C19H23N3O2S/c23-18(21-13-15-3-1-9-20-11-15)16-7-5-14(6-8-16)12-22-19(24)17-4-2-10-25-17/h1-4,9-11,14,16H,5-8,12-13H2,(H,21,23)(H,22,24). The molecule has 2 aromatic heterocycles. The van der Waals surface area contributed by atoms with Crippen molar-refractivity contribution in [3.05, 3.63) is 52.5 Å². The van der Waals surface area contributed by atoms with Gasteiger partial charge in [-0.25, -0.2) is 0 Å². The Morgan fingerprint density at radius 1 is 1.12 bits per heavy atom. The number of carbonyl (C=O) groups is 2. The smallest absolute Gasteiger partial charge is 0.261 e. The van der Waals surface area contributed by atoms with E-state index in [0.717, 1.165) is 36.1 Å². The molecule has 2 N–H and O–H groups in total. The van der Waals surface area contributed by atoms with Crippen molar-refractivity contribution < 1.29 is 9.59 Å². The Balaban J connectivity index is 1.36. The van der Waals surface area contributed by atoms with Crippen LogP contribution in [0.3, 0.4) is 0 Å². The number of rotatable bonds is 6. The predicted octanol–water partition coefficient (Wildman–Crippen LogP) is 3.00. The van der Waals surface area contributed by atoms with Crippen molar-refractivity contribution in [2.75, 3.05) is 6.54 Å². The highest BCUT2D eigenvalue weighted by molar-refractivity contribution is 7.12. The molecular weight excluding hydrogens is 334 g/mol. The summed E-state index contributed by atoms with van der Waals surface area (Å²) in [6.07, 6.45) is 7.24. The summed E-state index contributed by atoms with van der Waals surface area (Å²) in [7, 11) is 0. The summed E-state index contributed by atoms with van der Waals surface area (Å²) in [4.78, 5) is 29.1. The molecule has 0 atom stereocenters. The average Bonchev–Trinajstić information content (AvgIpc) is 3.20. The summed E-state index contributed by atoms with van der Waals surface area (Å²) in [6, 6.07) is 7.55. The van der Waals surface area contributed by atoms with Crippen LogP contribution in [0.4, 0.5) is 0 Å². The van der Waals surface area contributed by atoms with Crippen molar-refractivity contribution >= 4 is 23.2 Å². The van der Waals surface area contributed by atoms with E-state index < -0.39 is 0 Å². The van der Waals surface area contributed by atoms with Gasteiger partial charge in [0.2, 0.25) is 5.91 Å². The molecule has 0 aromatic carbocycles. The largest absolute Gasteiger partial charge is 0.352 e. The first-order valence-corrected chi connectivity index (χ1v) is 9.58. The van der Waals surface area contributed by atoms with Crippen molar-refractivity contribution in [3.8, 4) is 0 Å². The van der Waals surface area contributed by atoms with Crippen LogP contribution < -0.4 is 10.6 Å². The first-order valence-electron chi connectivity index (χ1n) is 8.70. The van der Waals surface area contributed by atoms with Crippen LogP contribution in [0, 0.1) is 11.8 Å². The maximum Gasteiger partial charge on any atom is 0.261 e. The quantitative estimate of drug-likeness (QED) is 0.835. The van der Waals surface area contributed by atoms with Gasteiger partial charge in [0.1, 0.15) is 0 Å². The van der Waals surface area contributed by atoms with E-state index in [1.807, 2.05) is 29.6 Å². The van der Waals surface area contributed by atoms with Gasteiger partial charge in [0.25, 0.3) is 5.91 Å². The highest BCUT2D eigenvalue weighted by atomic mass is 32.1. The highest BCUT2D eigenvalue weighted by Crippen LogP contribution is 2.28. The summed E-state index contributed by atoms with van der Waals surface area (Å²) in [5, 5.41) is 7.92. The van der Waals surface area contributed by atoms with Crippen molar-refractivity contribution in [2.45, 2.75) is 32.2 Å². The van der Waals surface area contributed by atoms with Crippen molar-refractivity contribution in [1.29, 1.82) is 0 Å². The molecule has 0 bridgehead atoms. The molecule has 5 nitrogen and oxygen atoms in total. The molecule has 2 amide bonds. The number of hydrogen-bond donors (Lipinski definition) is 2. The first-order chi connectivity index (χ1) is 12.2. The van der Waals surface area contributed by atoms with Crippen LogP contribution in [0.2, 0.25) is 0 Å². The third-order valence-corrected chi connectivity index (χ3v) is 5.57. The van der Waals surface area contributed by atoms with Gasteiger partial charge in [-0.15, -0.1) is 11.3 Å². The Morgan fingerprint density at radius 3 is 2.64 bits per heavy atom. The monoisotopic (exact) mass is 357 g/mol. The van der Waals surface area contributed by atoms with Gasteiger partial charge in [-0.1, -0.05) is 12.1 Å². The van der Waals surface area contributed by atoms with Crippen molar-refractivity contribution in [2.24, 2.45) is 11.8 Å². The fourth-order valence-corrected chi connectivity index (χ4v) is 3.84. The van der Waals surface area contributed by atoms with Crippen LogP contribution in [0.5, 0.6) is 0 Å². The molecule has 1 aliphatic rings. The molecule has 132 valence electrons. The second-order valence-corrected chi connectivity index (χ2v) is 7.43. The van der Waals surface area contributed by atoms with Gasteiger partial charge in [-0.2, -0.15) is 0 Å². The predicted molar refractivity (Wildman–Crippen MR) is 98.2 cm³/mol. The summed E-state index contributed by atoms with van der Waals surface area (Å²) in [5.41, 5.74) is 1.01. The number of aromatic nitrogens is 1. The van der Waals surface area contributed by atoms with Crippen LogP contribution >= 0.6 is 11.3 Å². The van der Waals surface area contributed by atoms with Crippen LogP contribution in [0.25, 0.3) is 0 Å². The van der Waals surface area contributed by atoms with E-state index in [-0.39, 0.29) is 17.7 Å². The molecule has 6 heteroatoms.